The molecule has 94 valence electrons. The molecular formula is C15H11FN2S. The molecule has 0 aliphatic carbocycles. The predicted octanol–water partition coefficient (Wildman–Crippen LogP) is 3.96. The molecule has 19 heavy (non-hydrogen) atoms. The van der Waals surface area contributed by atoms with Crippen LogP contribution >= 0.6 is 11.8 Å². The Morgan fingerprint density at radius 3 is 2.95 bits per heavy atom. The van der Waals surface area contributed by atoms with Crippen molar-refractivity contribution in [2.45, 2.75) is 10.9 Å². The molecule has 0 spiro atoms. The molecule has 4 heteroatoms. The van der Waals surface area contributed by atoms with Gasteiger partial charge in [-0.05, 0) is 29.8 Å². The summed E-state index contributed by atoms with van der Waals surface area (Å²) >= 11 is 1.81. The molecule has 1 aliphatic rings. The van der Waals surface area contributed by atoms with E-state index in [0.717, 1.165) is 11.4 Å². The number of nitrogens with zero attached hydrogens (tertiary/aromatic N) is 1. The Morgan fingerprint density at radius 1 is 1.26 bits per heavy atom. The number of benzene rings is 2. The molecule has 1 atom stereocenters. The Hall–Kier alpha value is -1.99. The van der Waals surface area contributed by atoms with Crippen LogP contribution in [0, 0.1) is 17.1 Å². The van der Waals surface area contributed by atoms with Gasteiger partial charge in [0, 0.05) is 16.3 Å². The molecule has 0 saturated carbocycles. The van der Waals surface area contributed by atoms with E-state index in [0.29, 0.717) is 0 Å². The minimum Gasteiger partial charge on any atom is -0.377 e. The van der Waals surface area contributed by atoms with Gasteiger partial charge in [0.1, 0.15) is 11.9 Å². The molecule has 1 heterocycles. The highest BCUT2D eigenvalue weighted by atomic mass is 32.2. The Bertz CT molecular complexity index is 663. The first-order valence-electron chi connectivity index (χ1n) is 5.96. The molecule has 2 aromatic carbocycles. The van der Waals surface area contributed by atoms with Gasteiger partial charge in [-0.25, -0.2) is 4.39 Å². The third-order valence-electron chi connectivity index (χ3n) is 3.13. The van der Waals surface area contributed by atoms with Crippen LogP contribution in [0.2, 0.25) is 0 Å². The number of anilines is 1. The van der Waals surface area contributed by atoms with E-state index in [1.165, 1.54) is 16.5 Å². The van der Waals surface area contributed by atoms with Gasteiger partial charge in [-0.15, -0.1) is 11.8 Å². The molecule has 0 fully saturated rings. The van der Waals surface area contributed by atoms with E-state index in [1.807, 2.05) is 18.2 Å². The highest BCUT2D eigenvalue weighted by Crippen LogP contribution is 2.39. The minimum atomic E-state index is -0.478. The number of rotatable bonds is 2. The SMILES string of the molecule is N#Cc1cc(NC2CSc3ccccc32)ccc1F. The molecule has 0 bridgehead atoms. The molecule has 2 aromatic rings. The number of hydrogen-bond donors (Lipinski definition) is 1. The van der Waals surface area contributed by atoms with Crippen molar-refractivity contribution in [3.63, 3.8) is 0 Å². The first-order chi connectivity index (χ1) is 9.28. The second-order valence-corrected chi connectivity index (χ2v) is 5.41. The monoisotopic (exact) mass is 270 g/mol. The van der Waals surface area contributed by atoms with Crippen molar-refractivity contribution in [1.82, 2.24) is 0 Å². The quantitative estimate of drug-likeness (QED) is 0.897. The largest absolute Gasteiger partial charge is 0.377 e. The molecule has 1 aliphatic heterocycles. The van der Waals surface area contributed by atoms with E-state index < -0.39 is 5.82 Å². The fourth-order valence-corrected chi connectivity index (χ4v) is 3.34. The lowest BCUT2D eigenvalue weighted by molar-refractivity contribution is 0.624. The number of thioether (sulfide) groups is 1. The molecule has 0 aromatic heterocycles. The number of nitriles is 1. The molecule has 3 rings (SSSR count). The van der Waals surface area contributed by atoms with Crippen molar-refractivity contribution in [2.24, 2.45) is 0 Å². The summed E-state index contributed by atoms with van der Waals surface area (Å²) in [5, 5.41) is 12.2. The van der Waals surface area contributed by atoms with Crippen LogP contribution in [-0.2, 0) is 0 Å². The zero-order valence-electron chi connectivity index (χ0n) is 10.1. The summed E-state index contributed by atoms with van der Waals surface area (Å²) < 4.78 is 13.3. The molecule has 2 nitrogen and oxygen atoms in total. The Kier molecular flexibility index (Phi) is 3.14. The van der Waals surface area contributed by atoms with Crippen molar-refractivity contribution < 1.29 is 4.39 Å². The van der Waals surface area contributed by atoms with E-state index in [2.05, 4.69) is 17.4 Å². The normalized spacial score (nSPS) is 16.7. The minimum absolute atomic E-state index is 0.0731. The lowest BCUT2D eigenvalue weighted by atomic mass is 10.1. The van der Waals surface area contributed by atoms with E-state index in [-0.39, 0.29) is 11.6 Å². The van der Waals surface area contributed by atoms with Gasteiger partial charge in [-0.2, -0.15) is 5.26 Å². The summed E-state index contributed by atoms with van der Waals surface area (Å²) in [7, 11) is 0. The maximum absolute atomic E-state index is 13.3. The van der Waals surface area contributed by atoms with Crippen LogP contribution in [0.3, 0.4) is 0 Å². The summed E-state index contributed by atoms with van der Waals surface area (Å²) in [6.07, 6.45) is 0. The van der Waals surface area contributed by atoms with Crippen LogP contribution in [-0.4, -0.2) is 5.75 Å². The van der Waals surface area contributed by atoms with Gasteiger partial charge in [0.25, 0.3) is 0 Å². The highest BCUT2D eigenvalue weighted by molar-refractivity contribution is 7.99. The van der Waals surface area contributed by atoms with Gasteiger partial charge in [-0.3, -0.25) is 0 Å². The van der Waals surface area contributed by atoms with Gasteiger partial charge < -0.3 is 5.32 Å². The lowest BCUT2D eigenvalue weighted by Gasteiger charge is -2.15. The van der Waals surface area contributed by atoms with Gasteiger partial charge in [0.2, 0.25) is 0 Å². The smallest absolute Gasteiger partial charge is 0.141 e. The van der Waals surface area contributed by atoms with Crippen LogP contribution in [0.25, 0.3) is 0 Å². The van der Waals surface area contributed by atoms with Crippen LogP contribution in [0.5, 0.6) is 0 Å². The first-order valence-corrected chi connectivity index (χ1v) is 6.94. The van der Waals surface area contributed by atoms with Crippen LogP contribution < -0.4 is 5.32 Å². The van der Waals surface area contributed by atoms with Gasteiger partial charge in [0.05, 0.1) is 11.6 Å². The molecule has 0 radical (unpaired) electrons. The average Bonchev–Trinajstić information content (AvgIpc) is 2.84. The fraction of sp³-hybridized carbons (Fsp3) is 0.133. The zero-order valence-corrected chi connectivity index (χ0v) is 10.9. The Labute approximate surface area is 115 Å². The summed E-state index contributed by atoms with van der Waals surface area (Å²) in [6, 6.07) is 14.9. The second-order valence-electron chi connectivity index (χ2n) is 4.35. The Morgan fingerprint density at radius 2 is 2.11 bits per heavy atom. The topological polar surface area (TPSA) is 35.8 Å². The molecular weight excluding hydrogens is 259 g/mol. The van der Waals surface area contributed by atoms with E-state index >= 15 is 0 Å². The molecule has 0 amide bonds. The van der Waals surface area contributed by atoms with Gasteiger partial charge in [-0.1, -0.05) is 18.2 Å². The highest BCUT2D eigenvalue weighted by Gasteiger charge is 2.22. The van der Waals surface area contributed by atoms with Crippen molar-refractivity contribution >= 4 is 17.4 Å². The van der Waals surface area contributed by atoms with Gasteiger partial charge >= 0.3 is 0 Å². The second kappa shape index (κ2) is 4.94. The Balaban J connectivity index is 1.86. The standard InChI is InChI=1S/C15H11FN2S/c16-13-6-5-11(7-10(13)8-17)18-14-9-19-15-4-2-1-3-12(14)15/h1-7,14,18H,9H2. The number of nitrogens with one attached hydrogen (secondary N) is 1. The molecule has 1 unspecified atom stereocenters. The molecule has 1 N–H and O–H groups in total. The van der Waals surface area contributed by atoms with Crippen LogP contribution in [0.15, 0.2) is 47.4 Å². The van der Waals surface area contributed by atoms with Crippen molar-refractivity contribution in [3.05, 3.63) is 59.4 Å². The number of hydrogen-bond acceptors (Lipinski definition) is 3. The van der Waals surface area contributed by atoms with Gasteiger partial charge in [0.15, 0.2) is 0 Å². The maximum atomic E-state index is 13.3. The summed E-state index contributed by atoms with van der Waals surface area (Å²) in [4.78, 5) is 1.28. The summed E-state index contributed by atoms with van der Waals surface area (Å²) in [5.74, 6) is 0.466. The van der Waals surface area contributed by atoms with Crippen LogP contribution in [0.4, 0.5) is 10.1 Å². The average molecular weight is 270 g/mol. The van der Waals surface area contributed by atoms with E-state index in [4.69, 9.17) is 5.26 Å². The first kappa shape index (κ1) is 12.1. The van der Waals surface area contributed by atoms with E-state index in [1.54, 1.807) is 23.9 Å². The van der Waals surface area contributed by atoms with Crippen molar-refractivity contribution in [2.75, 3.05) is 11.1 Å². The van der Waals surface area contributed by atoms with E-state index in [9.17, 15) is 4.39 Å². The molecule has 0 saturated heterocycles. The third kappa shape index (κ3) is 2.29. The van der Waals surface area contributed by atoms with Crippen molar-refractivity contribution in [1.29, 1.82) is 5.26 Å². The van der Waals surface area contributed by atoms with Crippen LogP contribution in [0.1, 0.15) is 17.2 Å². The summed E-state index contributed by atoms with van der Waals surface area (Å²) in [6.45, 7) is 0. The number of halogens is 1. The lowest BCUT2D eigenvalue weighted by Crippen LogP contribution is -2.09. The third-order valence-corrected chi connectivity index (χ3v) is 4.31. The predicted molar refractivity (Wildman–Crippen MR) is 74.6 cm³/mol. The van der Waals surface area contributed by atoms with Crippen molar-refractivity contribution in [3.8, 4) is 6.07 Å². The maximum Gasteiger partial charge on any atom is 0.141 e. The fourth-order valence-electron chi connectivity index (χ4n) is 2.18. The number of fused-ring (bicyclic) bond motifs is 1. The zero-order chi connectivity index (χ0) is 13.2. The summed E-state index contributed by atoms with van der Waals surface area (Å²) in [5.41, 5.74) is 2.11.